The zero-order valence-corrected chi connectivity index (χ0v) is 8.99. The van der Waals surface area contributed by atoms with Crippen LogP contribution in [0.2, 0.25) is 0 Å². The van der Waals surface area contributed by atoms with Crippen molar-refractivity contribution in [2.45, 2.75) is 39.7 Å². The SMILES string of the molecule is CCC(C)CC(C)N1C(=O)C=CC1=O. The van der Waals surface area contributed by atoms with E-state index in [1.807, 2.05) is 6.92 Å². The highest BCUT2D eigenvalue weighted by Crippen LogP contribution is 2.17. The third kappa shape index (κ3) is 2.22. The van der Waals surface area contributed by atoms with Crippen LogP contribution in [-0.2, 0) is 9.59 Å². The van der Waals surface area contributed by atoms with E-state index in [2.05, 4.69) is 13.8 Å². The van der Waals surface area contributed by atoms with Gasteiger partial charge in [0.25, 0.3) is 11.8 Å². The van der Waals surface area contributed by atoms with Crippen molar-refractivity contribution in [3.05, 3.63) is 12.2 Å². The van der Waals surface area contributed by atoms with Gasteiger partial charge in [-0.2, -0.15) is 0 Å². The van der Waals surface area contributed by atoms with Gasteiger partial charge in [0.15, 0.2) is 0 Å². The van der Waals surface area contributed by atoms with Crippen molar-refractivity contribution in [1.29, 1.82) is 0 Å². The maximum absolute atomic E-state index is 11.3. The van der Waals surface area contributed by atoms with Crippen LogP contribution in [0.15, 0.2) is 12.2 Å². The fourth-order valence-corrected chi connectivity index (χ4v) is 1.70. The molecule has 3 heteroatoms. The molecular formula is C11H17NO2. The van der Waals surface area contributed by atoms with Crippen molar-refractivity contribution in [3.63, 3.8) is 0 Å². The molecule has 1 aliphatic heterocycles. The molecule has 0 N–H and O–H groups in total. The molecule has 2 amide bonds. The molecule has 0 radical (unpaired) electrons. The number of nitrogens with zero attached hydrogens (tertiary/aromatic N) is 1. The molecule has 2 unspecified atom stereocenters. The molecule has 78 valence electrons. The van der Waals surface area contributed by atoms with Crippen molar-refractivity contribution < 1.29 is 9.59 Å². The predicted molar refractivity (Wildman–Crippen MR) is 54.5 cm³/mol. The van der Waals surface area contributed by atoms with Crippen LogP contribution in [-0.4, -0.2) is 22.8 Å². The maximum atomic E-state index is 11.3. The van der Waals surface area contributed by atoms with E-state index in [9.17, 15) is 9.59 Å². The summed E-state index contributed by atoms with van der Waals surface area (Å²) in [7, 11) is 0. The summed E-state index contributed by atoms with van der Waals surface area (Å²) < 4.78 is 0. The van der Waals surface area contributed by atoms with Crippen LogP contribution in [0.3, 0.4) is 0 Å². The summed E-state index contributed by atoms with van der Waals surface area (Å²) in [5.41, 5.74) is 0. The minimum Gasteiger partial charge on any atom is -0.273 e. The van der Waals surface area contributed by atoms with Crippen molar-refractivity contribution in [2.75, 3.05) is 0 Å². The molecule has 1 rings (SSSR count). The molecule has 0 aromatic carbocycles. The van der Waals surface area contributed by atoms with E-state index < -0.39 is 0 Å². The van der Waals surface area contributed by atoms with Crippen LogP contribution in [0.5, 0.6) is 0 Å². The first-order chi connectivity index (χ1) is 6.56. The second-order valence-corrected chi connectivity index (χ2v) is 3.98. The molecule has 0 fully saturated rings. The van der Waals surface area contributed by atoms with Gasteiger partial charge in [-0.05, 0) is 19.3 Å². The number of rotatable bonds is 4. The summed E-state index contributed by atoms with van der Waals surface area (Å²) in [4.78, 5) is 24.0. The molecule has 14 heavy (non-hydrogen) atoms. The van der Waals surface area contributed by atoms with Gasteiger partial charge in [-0.15, -0.1) is 0 Å². The zero-order valence-electron chi connectivity index (χ0n) is 8.99. The number of amides is 2. The third-order valence-corrected chi connectivity index (χ3v) is 2.72. The lowest BCUT2D eigenvalue weighted by atomic mass is 9.99. The van der Waals surface area contributed by atoms with Gasteiger partial charge in [-0.1, -0.05) is 20.3 Å². The second kappa shape index (κ2) is 4.40. The van der Waals surface area contributed by atoms with Crippen molar-refractivity contribution in [2.24, 2.45) is 5.92 Å². The highest BCUT2D eigenvalue weighted by Gasteiger charge is 2.28. The van der Waals surface area contributed by atoms with E-state index in [0.29, 0.717) is 5.92 Å². The highest BCUT2D eigenvalue weighted by molar-refractivity contribution is 6.13. The standard InChI is InChI=1S/C11H17NO2/c1-4-8(2)7-9(3)12-10(13)5-6-11(12)14/h5-6,8-9H,4,7H2,1-3H3. The maximum Gasteiger partial charge on any atom is 0.253 e. The Morgan fingerprint density at radius 1 is 1.21 bits per heavy atom. The van der Waals surface area contributed by atoms with Crippen LogP contribution < -0.4 is 0 Å². The number of carbonyl (C=O) groups excluding carboxylic acids is 2. The van der Waals surface area contributed by atoms with Crippen LogP contribution in [0, 0.1) is 5.92 Å². The smallest absolute Gasteiger partial charge is 0.253 e. The van der Waals surface area contributed by atoms with Gasteiger partial charge in [0.2, 0.25) is 0 Å². The Bertz CT molecular complexity index is 252. The fourth-order valence-electron chi connectivity index (χ4n) is 1.70. The van der Waals surface area contributed by atoms with Gasteiger partial charge in [-0.3, -0.25) is 14.5 Å². The predicted octanol–water partition coefficient (Wildman–Crippen LogP) is 1.74. The summed E-state index contributed by atoms with van der Waals surface area (Å²) in [6, 6.07) is 0.0138. The summed E-state index contributed by atoms with van der Waals surface area (Å²) >= 11 is 0. The van der Waals surface area contributed by atoms with Crippen LogP contribution in [0.25, 0.3) is 0 Å². The average molecular weight is 195 g/mol. The molecule has 0 spiro atoms. The molecule has 1 heterocycles. The van der Waals surface area contributed by atoms with E-state index in [4.69, 9.17) is 0 Å². The summed E-state index contributed by atoms with van der Waals surface area (Å²) in [5.74, 6) is 0.197. The number of hydrogen-bond donors (Lipinski definition) is 0. The van der Waals surface area contributed by atoms with E-state index >= 15 is 0 Å². The van der Waals surface area contributed by atoms with Crippen LogP contribution in [0.1, 0.15) is 33.6 Å². The first-order valence-electron chi connectivity index (χ1n) is 5.11. The van der Waals surface area contributed by atoms with Gasteiger partial charge in [-0.25, -0.2) is 0 Å². The Labute approximate surface area is 84.8 Å². The van der Waals surface area contributed by atoms with Gasteiger partial charge >= 0.3 is 0 Å². The Hall–Kier alpha value is -1.12. The number of imide groups is 1. The van der Waals surface area contributed by atoms with Crippen molar-refractivity contribution in [1.82, 2.24) is 4.90 Å². The topological polar surface area (TPSA) is 37.4 Å². The molecule has 1 aliphatic rings. The fraction of sp³-hybridized carbons (Fsp3) is 0.636. The minimum atomic E-state index is -0.175. The van der Waals surface area contributed by atoms with E-state index in [0.717, 1.165) is 12.8 Å². The lowest BCUT2D eigenvalue weighted by molar-refractivity contribution is -0.139. The quantitative estimate of drug-likeness (QED) is 0.641. The van der Waals surface area contributed by atoms with E-state index in [1.165, 1.54) is 17.1 Å². The van der Waals surface area contributed by atoms with E-state index in [1.54, 1.807) is 0 Å². The molecule has 2 atom stereocenters. The molecule has 0 aromatic heterocycles. The molecule has 3 nitrogen and oxygen atoms in total. The molecule has 0 bridgehead atoms. The lowest BCUT2D eigenvalue weighted by Crippen LogP contribution is -2.38. The Morgan fingerprint density at radius 2 is 1.71 bits per heavy atom. The van der Waals surface area contributed by atoms with Gasteiger partial charge in [0.05, 0.1) is 0 Å². The lowest BCUT2D eigenvalue weighted by Gasteiger charge is -2.24. The Balaban J connectivity index is 2.57. The van der Waals surface area contributed by atoms with Gasteiger partial charge < -0.3 is 0 Å². The van der Waals surface area contributed by atoms with E-state index in [-0.39, 0.29) is 17.9 Å². The monoisotopic (exact) mass is 195 g/mol. The molecule has 0 aromatic rings. The normalized spacial score (nSPS) is 20.4. The van der Waals surface area contributed by atoms with Gasteiger partial charge in [0.1, 0.15) is 0 Å². The minimum absolute atomic E-state index is 0.0138. The molecular weight excluding hydrogens is 178 g/mol. The molecule has 0 saturated heterocycles. The molecule has 0 saturated carbocycles. The second-order valence-electron chi connectivity index (χ2n) is 3.98. The molecule has 0 aliphatic carbocycles. The third-order valence-electron chi connectivity index (χ3n) is 2.72. The first-order valence-corrected chi connectivity index (χ1v) is 5.11. The van der Waals surface area contributed by atoms with Crippen LogP contribution >= 0.6 is 0 Å². The van der Waals surface area contributed by atoms with Crippen molar-refractivity contribution in [3.8, 4) is 0 Å². The summed E-state index contributed by atoms with van der Waals surface area (Å²) in [5, 5.41) is 0. The number of carbonyl (C=O) groups is 2. The largest absolute Gasteiger partial charge is 0.273 e. The van der Waals surface area contributed by atoms with Crippen molar-refractivity contribution >= 4 is 11.8 Å². The Morgan fingerprint density at radius 3 is 2.14 bits per heavy atom. The first kappa shape index (κ1) is 11.0. The Kier molecular flexibility index (Phi) is 3.44. The summed E-state index contributed by atoms with van der Waals surface area (Å²) in [6.45, 7) is 6.17. The zero-order chi connectivity index (χ0) is 10.7. The number of hydrogen-bond acceptors (Lipinski definition) is 2. The average Bonchev–Trinajstić information content (AvgIpc) is 2.46. The highest BCUT2D eigenvalue weighted by atomic mass is 16.2. The summed E-state index contributed by atoms with van der Waals surface area (Å²) in [6.07, 6.45) is 4.65. The van der Waals surface area contributed by atoms with Crippen LogP contribution in [0.4, 0.5) is 0 Å². The van der Waals surface area contributed by atoms with Gasteiger partial charge in [0, 0.05) is 18.2 Å².